The Morgan fingerprint density at radius 3 is 2.65 bits per heavy atom. The molecule has 3 N–H and O–H groups in total. The van der Waals surface area contributed by atoms with E-state index in [0.29, 0.717) is 12.5 Å². The molecule has 2 unspecified atom stereocenters. The van der Waals surface area contributed by atoms with Crippen molar-refractivity contribution in [3.05, 3.63) is 0 Å². The van der Waals surface area contributed by atoms with Crippen molar-refractivity contribution in [1.29, 1.82) is 0 Å². The molecule has 0 aromatic heterocycles. The lowest BCUT2D eigenvalue weighted by molar-refractivity contribution is -0.122. The number of aliphatic hydroxyl groups is 1. The molecule has 4 heteroatoms. The highest BCUT2D eigenvalue weighted by Gasteiger charge is 2.23. The molecule has 2 aliphatic carbocycles. The predicted octanol–water partition coefficient (Wildman–Crippen LogP) is 0.938. The summed E-state index contributed by atoms with van der Waals surface area (Å²) in [5.74, 6) is 0.0732. The van der Waals surface area contributed by atoms with Crippen molar-refractivity contribution in [2.24, 2.45) is 0 Å². The Hall–Kier alpha value is -0.610. The first-order valence-electron chi connectivity index (χ1n) is 6.96. The van der Waals surface area contributed by atoms with Crippen molar-refractivity contribution in [2.75, 3.05) is 6.54 Å². The average Bonchev–Trinajstić information content (AvgIpc) is 3.10. The molecule has 2 saturated carbocycles. The van der Waals surface area contributed by atoms with Crippen molar-refractivity contribution in [3.8, 4) is 0 Å². The molecule has 2 rings (SSSR count). The van der Waals surface area contributed by atoms with Gasteiger partial charge in [-0.2, -0.15) is 0 Å². The van der Waals surface area contributed by atoms with Crippen LogP contribution in [0.2, 0.25) is 0 Å². The molecular weight excluding hydrogens is 216 g/mol. The van der Waals surface area contributed by atoms with Crippen LogP contribution in [0.15, 0.2) is 0 Å². The highest BCUT2D eigenvalue weighted by Crippen LogP contribution is 2.19. The number of rotatable bonds is 5. The summed E-state index contributed by atoms with van der Waals surface area (Å²) in [6, 6.07) is 0.636. The van der Waals surface area contributed by atoms with Gasteiger partial charge in [0.2, 0.25) is 5.91 Å². The molecule has 1 amide bonds. The van der Waals surface area contributed by atoms with Crippen molar-refractivity contribution >= 4 is 5.91 Å². The fourth-order valence-corrected chi connectivity index (χ4v) is 2.41. The van der Waals surface area contributed by atoms with Crippen LogP contribution in [0.25, 0.3) is 0 Å². The van der Waals surface area contributed by atoms with E-state index in [9.17, 15) is 9.90 Å². The highest BCUT2D eigenvalue weighted by molar-refractivity contribution is 5.76. The minimum Gasteiger partial charge on any atom is -0.391 e. The summed E-state index contributed by atoms with van der Waals surface area (Å²) in [5.41, 5.74) is 0. The summed E-state index contributed by atoms with van der Waals surface area (Å²) in [7, 11) is 0. The van der Waals surface area contributed by atoms with E-state index < -0.39 is 0 Å². The van der Waals surface area contributed by atoms with Crippen LogP contribution in [-0.2, 0) is 4.79 Å². The first kappa shape index (κ1) is 12.8. The minimum atomic E-state index is -0.349. The van der Waals surface area contributed by atoms with Crippen LogP contribution in [0.3, 0.4) is 0 Å². The molecule has 2 aliphatic rings. The molecule has 0 spiro atoms. The van der Waals surface area contributed by atoms with Gasteiger partial charge in [0.15, 0.2) is 0 Å². The van der Waals surface area contributed by atoms with Crippen LogP contribution in [-0.4, -0.2) is 35.7 Å². The van der Waals surface area contributed by atoms with E-state index in [0.717, 1.165) is 32.2 Å². The maximum absolute atomic E-state index is 11.7. The molecule has 0 radical (unpaired) electrons. The number of aliphatic hydroxyl groups excluding tert-OH is 1. The molecule has 0 bridgehead atoms. The van der Waals surface area contributed by atoms with Crippen LogP contribution in [0.1, 0.15) is 51.4 Å². The van der Waals surface area contributed by atoms with Crippen LogP contribution >= 0.6 is 0 Å². The van der Waals surface area contributed by atoms with Crippen molar-refractivity contribution in [1.82, 2.24) is 10.6 Å². The van der Waals surface area contributed by atoms with Gasteiger partial charge in [-0.05, 0) is 25.7 Å². The monoisotopic (exact) mass is 240 g/mol. The lowest BCUT2D eigenvalue weighted by Crippen LogP contribution is -2.43. The largest absolute Gasteiger partial charge is 0.391 e. The predicted molar refractivity (Wildman–Crippen MR) is 66.7 cm³/mol. The highest BCUT2D eigenvalue weighted by atomic mass is 16.3. The first-order chi connectivity index (χ1) is 8.25. The van der Waals surface area contributed by atoms with Crippen LogP contribution in [0.5, 0.6) is 0 Å². The molecule has 17 heavy (non-hydrogen) atoms. The maximum atomic E-state index is 11.7. The summed E-state index contributed by atoms with van der Waals surface area (Å²) in [5, 5.41) is 16.2. The normalized spacial score (nSPS) is 29.7. The standard InChI is InChI=1S/C13H24N2O2/c16-12-5-3-1-2-4-11(12)15-13(17)8-9-14-10-6-7-10/h10-12,14,16H,1-9H2,(H,15,17). The quantitative estimate of drug-likeness (QED) is 0.627. The second kappa shape index (κ2) is 6.36. The molecule has 2 fully saturated rings. The zero-order chi connectivity index (χ0) is 12.1. The van der Waals surface area contributed by atoms with E-state index >= 15 is 0 Å². The maximum Gasteiger partial charge on any atom is 0.221 e. The molecule has 2 atom stereocenters. The first-order valence-corrected chi connectivity index (χ1v) is 6.96. The number of amides is 1. The van der Waals surface area contributed by atoms with E-state index in [2.05, 4.69) is 10.6 Å². The zero-order valence-corrected chi connectivity index (χ0v) is 10.5. The molecule has 0 aliphatic heterocycles. The van der Waals surface area contributed by atoms with E-state index in [4.69, 9.17) is 0 Å². The van der Waals surface area contributed by atoms with E-state index in [1.165, 1.54) is 19.3 Å². The Morgan fingerprint density at radius 1 is 1.12 bits per heavy atom. The average molecular weight is 240 g/mol. The molecule has 0 aromatic carbocycles. The zero-order valence-electron chi connectivity index (χ0n) is 10.5. The molecule has 0 saturated heterocycles. The third-order valence-corrected chi connectivity index (χ3v) is 3.69. The van der Waals surface area contributed by atoms with Gasteiger partial charge < -0.3 is 15.7 Å². The summed E-state index contributed by atoms with van der Waals surface area (Å²) < 4.78 is 0. The summed E-state index contributed by atoms with van der Waals surface area (Å²) in [4.78, 5) is 11.7. The number of hydrogen-bond donors (Lipinski definition) is 3. The van der Waals surface area contributed by atoms with Crippen LogP contribution < -0.4 is 10.6 Å². The fraction of sp³-hybridized carbons (Fsp3) is 0.923. The van der Waals surface area contributed by atoms with Gasteiger partial charge in [0, 0.05) is 19.0 Å². The Kier molecular flexibility index (Phi) is 4.80. The Bertz CT molecular complexity index is 254. The third-order valence-electron chi connectivity index (χ3n) is 3.69. The van der Waals surface area contributed by atoms with Crippen LogP contribution in [0, 0.1) is 0 Å². The SMILES string of the molecule is O=C(CCNC1CC1)NC1CCCCCC1O. The van der Waals surface area contributed by atoms with E-state index in [-0.39, 0.29) is 18.1 Å². The molecule has 98 valence electrons. The van der Waals surface area contributed by atoms with Gasteiger partial charge in [0.05, 0.1) is 12.1 Å². The Labute approximate surface area is 103 Å². The molecule has 4 nitrogen and oxygen atoms in total. The smallest absolute Gasteiger partial charge is 0.221 e. The molecule has 0 aromatic rings. The van der Waals surface area contributed by atoms with Crippen LogP contribution in [0.4, 0.5) is 0 Å². The van der Waals surface area contributed by atoms with Gasteiger partial charge in [-0.3, -0.25) is 4.79 Å². The number of carbonyl (C=O) groups excluding carboxylic acids is 1. The number of carbonyl (C=O) groups is 1. The van der Waals surface area contributed by atoms with Gasteiger partial charge in [-0.25, -0.2) is 0 Å². The number of nitrogens with one attached hydrogen (secondary N) is 2. The summed E-state index contributed by atoms with van der Waals surface area (Å²) in [6.45, 7) is 0.763. The van der Waals surface area contributed by atoms with Gasteiger partial charge in [-0.15, -0.1) is 0 Å². The van der Waals surface area contributed by atoms with Crippen molar-refractivity contribution < 1.29 is 9.90 Å². The minimum absolute atomic E-state index is 0.0223. The van der Waals surface area contributed by atoms with Gasteiger partial charge in [0.1, 0.15) is 0 Å². The van der Waals surface area contributed by atoms with Crippen molar-refractivity contribution in [2.45, 2.75) is 69.6 Å². The van der Waals surface area contributed by atoms with Gasteiger partial charge in [0.25, 0.3) is 0 Å². The second-order valence-electron chi connectivity index (χ2n) is 5.36. The van der Waals surface area contributed by atoms with E-state index in [1.807, 2.05) is 0 Å². The molecular formula is C13H24N2O2. The molecule has 0 heterocycles. The van der Waals surface area contributed by atoms with E-state index in [1.54, 1.807) is 0 Å². The summed E-state index contributed by atoms with van der Waals surface area (Å²) in [6.07, 6.45) is 7.80. The van der Waals surface area contributed by atoms with Crippen molar-refractivity contribution in [3.63, 3.8) is 0 Å². The Morgan fingerprint density at radius 2 is 1.88 bits per heavy atom. The van der Waals surface area contributed by atoms with Gasteiger partial charge in [-0.1, -0.05) is 19.3 Å². The Balaban J connectivity index is 1.64. The lowest BCUT2D eigenvalue weighted by atomic mass is 10.1. The lowest BCUT2D eigenvalue weighted by Gasteiger charge is -2.21. The second-order valence-corrected chi connectivity index (χ2v) is 5.36. The number of hydrogen-bond acceptors (Lipinski definition) is 3. The summed E-state index contributed by atoms with van der Waals surface area (Å²) >= 11 is 0. The third kappa shape index (κ3) is 4.64. The topological polar surface area (TPSA) is 61.4 Å². The van der Waals surface area contributed by atoms with Gasteiger partial charge >= 0.3 is 0 Å². The fourth-order valence-electron chi connectivity index (χ4n) is 2.41.